The Morgan fingerprint density at radius 1 is 1.20 bits per heavy atom. The lowest BCUT2D eigenvalue weighted by molar-refractivity contribution is -0.218. The number of hydrogen-bond acceptors (Lipinski definition) is 14. The van der Waals surface area contributed by atoms with E-state index in [-0.39, 0.29) is 23.3 Å². The number of fused-ring (bicyclic) bond motifs is 1. The van der Waals surface area contributed by atoms with Gasteiger partial charge in [-0.1, -0.05) is 5.16 Å². The van der Waals surface area contributed by atoms with Gasteiger partial charge in [-0.15, -0.1) is 15.6 Å². The summed E-state index contributed by atoms with van der Waals surface area (Å²) in [5.74, 6) is -2.73. The van der Waals surface area contributed by atoms with Gasteiger partial charge in [0.05, 0.1) is 5.54 Å². The number of carboxylic acids is 1. The number of β-lactam (4-membered cyclic amide) rings is 1. The van der Waals surface area contributed by atoms with Gasteiger partial charge in [-0.05, 0) is 90.1 Å². The summed E-state index contributed by atoms with van der Waals surface area (Å²) >= 11 is 0.967. The molecule has 3 heterocycles. The summed E-state index contributed by atoms with van der Waals surface area (Å²) in [7, 11) is -3.07. The maximum atomic E-state index is 13.5. The molecule has 50 heavy (non-hydrogen) atoms. The number of ether oxygens (including phenoxy) is 1. The number of anilines is 1. The molecule has 20 heteroatoms. The number of amides is 2. The highest BCUT2D eigenvalue weighted by Crippen LogP contribution is 2.35. The summed E-state index contributed by atoms with van der Waals surface area (Å²) in [4.78, 5) is 48.4. The van der Waals surface area contributed by atoms with E-state index in [0.717, 1.165) is 42.6 Å². The molecule has 1 saturated carbocycles. The Labute approximate surface area is 292 Å². The second-order valence-corrected chi connectivity index (χ2v) is 14.9. The number of oxime groups is 1. The molecule has 3 unspecified atom stereocenters. The Bertz CT molecular complexity index is 1810. The van der Waals surface area contributed by atoms with Gasteiger partial charge >= 0.3 is 16.4 Å². The lowest BCUT2D eigenvalue weighted by Gasteiger charge is -2.50. The van der Waals surface area contributed by atoms with Crippen LogP contribution in [0, 0.1) is 5.41 Å². The molecule has 2 fully saturated rings. The summed E-state index contributed by atoms with van der Waals surface area (Å²) in [5.41, 5.74) is 3.09. The van der Waals surface area contributed by atoms with E-state index in [1.807, 2.05) is 13.1 Å². The summed E-state index contributed by atoms with van der Waals surface area (Å²) in [6, 6.07) is 4.62. The third-order valence-electron chi connectivity index (χ3n) is 9.24. The molecule has 2 amide bonds. The van der Waals surface area contributed by atoms with Crippen molar-refractivity contribution in [1.82, 2.24) is 26.0 Å². The fourth-order valence-electron chi connectivity index (χ4n) is 6.14. The molecule has 0 radical (unpaired) electrons. The van der Waals surface area contributed by atoms with E-state index in [9.17, 15) is 27.9 Å². The summed E-state index contributed by atoms with van der Waals surface area (Å²) in [6.07, 6.45) is 3.52. The first-order valence-corrected chi connectivity index (χ1v) is 18.0. The Balaban J connectivity index is 1.31. The minimum absolute atomic E-state index is 0.0605. The van der Waals surface area contributed by atoms with Crippen LogP contribution in [0.5, 0.6) is 5.75 Å². The minimum Gasteiger partial charge on any atom is -0.485 e. The van der Waals surface area contributed by atoms with Crippen molar-refractivity contribution < 1.29 is 46.3 Å². The van der Waals surface area contributed by atoms with Gasteiger partial charge in [-0.25, -0.2) is 9.78 Å². The Morgan fingerprint density at radius 2 is 1.88 bits per heavy atom. The number of hydrogen-bond donors (Lipinski definition) is 7. The predicted molar refractivity (Wildman–Crippen MR) is 180 cm³/mol. The molecule has 1 aromatic heterocycles. The first-order valence-electron chi connectivity index (χ1n) is 15.8. The number of nitrogens with one attached hydrogen (secondary N) is 4. The highest BCUT2D eigenvalue weighted by molar-refractivity contribution is 7.80. The number of rotatable bonds is 12. The highest BCUT2D eigenvalue weighted by atomic mass is 32.3. The van der Waals surface area contributed by atoms with Gasteiger partial charge in [0.2, 0.25) is 0 Å². The number of hydroxylamine groups is 2. The number of nitrogen functional groups attached to an aromatic ring is 1. The molecule has 8 N–H and O–H groups in total. The number of benzene rings is 1. The maximum absolute atomic E-state index is 13.5. The van der Waals surface area contributed by atoms with E-state index in [4.69, 9.17) is 25.3 Å². The number of carboxylic acid groups (broad SMARTS) is 1. The fourth-order valence-corrected chi connectivity index (χ4v) is 7.14. The number of amidine groups is 1. The number of nitrogens with two attached hydrogens (primary N) is 1. The number of aromatic nitrogens is 1. The van der Waals surface area contributed by atoms with Crippen molar-refractivity contribution >= 4 is 56.2 Å². The zero-order chi connectivity index (χ0) is 36.6. The zero-order valence-electron chi connectivity index (χ0n) is 27.8. The molecule has 2 aliphatic heterocycles. The third-order valence-corrected chi connectivity index (χ3v) is 10.3. The number of carbonyl (C=O) groups is 3. The van der Waals surface area contributed by atoms with Crippen molar-refractivity contribution in [3.05, 3.63) is 40.4 Å². The second kappa shape index (κ2) is 14.1. The average molecular weight is 737 g/mol. The zero-order valence-corrected chi connectivity index (χ0v) is 29.4. The van der Waals surface area contributed by atoms with Gasteiger partial charge in [0.25, 0.3) is 17.4 Å². The van der Waals surface area contributed by atoms with E-state index in [2.05, 4.69) is 30.4 Å². The fraction of sp³-hybridized carbons (Fsp3) is 0.533. The van der Waals surface area contributed by atoms with Crippen LogP contribution >= 0.6 is 11.3 Å². The van der Waals surface area contributed by atoms with Crippen molar-refractivity contribution in [3.8, 4) is 5.75 Å². The van der Waals surface area contributed by atoms with Crippen LogP contribution in [0.4, 0.5) is 5.13 Å². The van der Waals surface area contributed by atoms with Crippen LogP contribution in [0.2, 0.25) is 0 Å². The molecule has 18 nitrogen and oxygen atoms in total. The Morgan fingerprint density at radius 3 is 2.46 bits per heavy atom. The molecule has 3 aliphatic rings. The lowest BCUT2D eigenvalue weighted by atomic mass is 9.84. The molecule has 0 bridgehead atoms. The van der Waals surface area contributed by atoms with E-state index in [1.54, 1.807) is 12.1 Å². The topological polar surface area (TPSA) is 268 Å². The predicted octanol–water partition coefficient (Wildman–Crippen LogP) is 0.969. The van der Waals surface area contributed by atoms with Gasteiger partial charge in [0, 0.05) is 23.0 Å². The van der Waals surface area contributed by atoms with Crippen LogP contribution in [-0.2, 0) is 40.3 Å². The van der Waals surface area contributed by atoms with Crippen molar-refractivity contribution in [3.63, 3.8) is 0 Å². The smallest absolute Gasteiger partial charge is 0.418 e. The molecular formula is C30H40N8O10S2. The molecule has 1 aromatic carbocycles. The number of aryl methyl sites for hydroxylation is 1. The minimum atomic E-state index is -5.03. The van der Waals surface area contributed by atoms with E-state index in [1.165, 1.54) is 26.2 Å². The number of aliphatic carboxylic acids is 1. The molecule has 5 rings (SSSR count). The lowest BCUT2D eigenvalue weighted by Crippen LogP contribution is -2.76. The van der Waals surface area contributed by atoms with Crippen molar-refractivity contribution in [2.45, 2.75) is 94.7 Å². The van der Waals surface area contributed by atoms with Gasteiger partial charge < -0.3 is 36.4 Å². The second-order valence-electron chi connectivity index (χ2n) is 13.0. The molecule has 1 saturated heterocycles. The van der Waals surface area contributed by atoms with Gasteiger partial charge in [-0.3, -0.25) is 19.6 Å². The van der Waals surface area contributed by atoms with Gasteiger partial charge in [0.1, 0.15) is 23.3 Å². The van der Waals surface area contributed by atoms with Crippen LogP contribution in [0.15, 0.2) is 28.7 Å². The molecule has 272 valence electrons. The molecule has 2 aromatic rings. The van der Waals surface area contributed by atoms with Crippen LogP contribution in [-0.4, -0.2) is 99.9 Å². The molecule has 1 aliphatic carbocycles. The normalized spacial score (nSPS) is 24.5. The largest absolute Gasteiger partial charge is 0.485 e. The number of carbonyl (C=O) groups excluding carboxylic acids is 2. The monoisotopic (exact) mass is 736 g/mol. The standard InChI is InChI=1S/C30H40N8O10S2/c1-29(2)23(26(40)38(29)48-50(43,44)45)36-25(39)22(19-14-49-28(32)35-19)37-47-30(3,27(41)42)21-12-6-15-13-16(5-11-20(15)46-21)24(31)34-18-9-7-17(33-4)8-10-18/h5,11,13-14,17-18,21,23,33H,6-10,12H2,1-4H3,(H2,31,34)(H2,32,35)(H,36,39)(H,41,42)(H,43,44,45). The van der Waals surface area contributed by atoms with Crippen LogP contribution in [0.25, 0.3) is 0 Å². The first-order chi connectivity index (χ1) is 23.4. The number of nitrogens with zero attached hydrogens (tertiary/aromatic N) is 3. The maximum Gasteiger partial charge on any atom is 0.418 e. The summed E-state index contributed by atoms with van der Waals surface area (Å²) in [5, 5.41) is 33.7. The van der Waals surface area contributed by atoms with Crippen molar-refractivity contribution in [1.29, 1.82) is 5.41 Å². The van der Waals surface area contributed by atoms with E-state index in [0.29, 0.717) is 34.7 Å². The van der Waals surface area contributed by atoms with E-state index >= 15 is 0 Å². The van der Waals surface area contributed by atoms with Crippen molar-refractivity contribution in [2.75, 3.05) is 12.8 Å². The van der Waals surface area contributed by atoms with Gasteiger partial charge in [-0.2, -0.15) is 13.5 Å². The van der Waals surface area contributed by atoms with E-state index < -0.39 is 57.2 Å². The van der Waals surface area contributed by atoms with Crippen LogP contribution in [0.1, 0.15) is 69.7 Å². The summed E-state index contributed by atoms with van der Waals surface area (Å²) in [6.45, 7) is 3.99. The third kappa shape index (κ3) is 7.68. The Hall–Kier alpha value is -4.37. The SMILES string of the molecule is CNC1CCC(NC(=N)c2ccc3c(c2)CCC(C(C)(ON=C(C(=O)NC2C(=O)N(OS(=O)(=O)O)C2(C)C)c2csc(N)n2)C(=O)O)O3)CC1. The van der Waals surface area contributed by atoms with Gasteiger partial charge in [0.15, 0.2) is 16.9 Å². The molecule has 3 atom stereocenters. The van der Waals surface area contributed by atoms with Crippen molar-refractivity contribution in [2.24, 2.45) is 5.16 Å². The average Bonchev–Trinajstić information content (AvgIpc) is 3.50. The van der Waals surface area contributed by atoms with Crippen LogP contribution < -0.4 is 26.4 Å². The van der Waals surface area contributed by atoms with Crippen LogP contribution in [0.3, 0.4) is 0 Å². The molecule has 0 spiro atoms. The highest BCUT2D eigenvalue weighted by Gasteiger charge is 2.58. The number of thiazole rings is 1. The first kappa shape index (κ1) is 36.9. The molecular weight excluding hydrogens is 697 g/mol. The summed E-state index contributed by atoms with van der Waals surface area (Å²) < 4.78 is 41.8. The Kier molecular flexibility index (Phi) is 10.4. The quantitative estimate of drug-likeness (QED) is 0.0526.